The van der Waals surface area contributed by atoms with E-state index in [0.717, 1.165) is 38.8 Å². The fourth-order valence-electron chi connectivity index (χ4n) is 4.48. The predicted molar refractivity (Wildman–Crippen MR) is 131 cm³/mol. The van der Waals surface area contributed by atoms with E-state index in [1.807, 2.05) is 0 Å². The Morgan fingerprint density at radius 2 is 1.10 bits per heavy atom. The van der Waals surface area contributed by atoms with Gasteiger partial charge in [-0.3, -0.25) is 4.52 Å². The molecular formula is C25H53NO4P+. The lowest BCUT2D eigenvalue weighted by Crippen LogP contribution is -2.49. The van der Waals surface area contributed by atoms with Gasteiger partial charge in [-0.05, 0) is 25.7 Å². The largest absolute Gasteiger partial charge is 0.476 e. The number of phosphoric ester groups is 1. The van der Waals surface area contributed by atoms with Crippen LogP contribution in [0.3, 0.4) is 0 Å². The first kappa shape index (κ1) is 29.1. The number of likely N-dealkylation sites (tertiary alicyclic amines) is 1. The van der Waals surface area contributed by atoms with E-state index in [1.54, 1.807) is 0 Å². The smallest absolute Gasteiger partial charge is 0.303 e. The van der Waals surface area contributed by atoms with Gasteiger partial charge >= 0.3 is 7.82 Å². The van der Waals surface area contributed by atoms with Crippen LogP contribution < -0.4 is 0 Å². The highest BCUT2D eigenvalue weighted by atomic mass is 31.2. The predicted octanol–water partition coefficient (Wildman–Crippen LogP) is 7.97. The van der Waals surface area contributed by atoms with Crippen LogP contribution in [-0.2, 0) is 13.6 Å². The Hall–Kier alpha value is 0.0700. The molecule has 0 aliphatic carbocycles. The molecule has 1 aliphatic rings. The second-order valence-electron chi connectivity index (χ2n) is 9.99. The molecule has 0 aromatic heterocycles. The summed E-state index contributed by atoms with van der Waals surface area (Å²) in [4.78, 5) is 9.89. The first-order valence-electron chi connectivity index (χ1n) is 13.4. The number of piperidine rings is 1. The molecular weight excluding hydrogens is 409 g/mol. The topological polar surface area (TPSA) is 55.8 Å². The van der Waals surface area contributed by atoms with E-state index >= 15 is 0 Å². The lowest BCUT2D eigenvalue weighted by atomic mass is 10.0. The van der Waals surface area contributed by atoms with Gasteiger partial charge in [0.25, 0.3) is 0 Å². The molecule has 0 aromatic rings. The zero-order valence-electron chi connectivity index (χ0n) is 20.8. The maximum atomic E-state index is 12.1. The number of quaternary nitrogens is 1. The Morgan fingerprint density at radius 3 is 1.55 bits per heavy atom. The Morgan fingerprint density at radius 1 is 0.677 bits per heavy atom. The number of hydrogen-bond donors (Lipinski definition) is 1. The molecule has 1 saturated heterocycles. The Kier molecular flexibility index (Phi) is 17.4. The molecule has 31 heavy (non-hydrogen) atoms. The van der Waals surface area contributed by atoms with Crippen molar-refractivity contribution >= 4 is 7.82 Å². The highest BCUT2D eigenvalue weighted by Crippen LogP contribution is 2.44. The summed E-state index contributed by atoms with van der Waals surface area (Å²) in [7, 11) is -1.82. The lowest BCUT2D eigenvalue weighted by molar-refractivity contribution is -0.929. The Labute approximate surface area is 193 Å². The fourth-order valence-corrected chi connectivity index (χ4v) is 5.34. The van der Waals surface area contributed by atoms with Crippen LogP contribution in [0.1, 0.15) is 129 Å². The van der Waals surface area contributed by atoms with Crippen molar-refractivity contribution in [3.63, 3.8) is 0 Å². The molecule has 6 heteroatoms. The van der Waals surface area contributed by atoms with Crippen molar-refractivity contribution < 1.29 is 23.0 Å². The van der Waals surface area contributed by atoms with E-state index in [0.29, 0.717) is 11.1 Å². The molecule has 0 saturated carbocycles. The second kappa shape index (κ2) is 18.5. The van der Waals surface area contributed by atoms with Crippen LogP contribution >= 0.6 is 7.82 Å². The van der Waals surface area contributed by atoms with E-state index in [4.69, 9.17) is 9.05 Å². The summed E-state index contributed by atoms with van der Waals surface area (Å²) in [5.74, 6) is 0. The molecule has 0 spiro atoms. The quantitative estimate of drug-likeness (QED) is 0.107. The normalized spacial score (nSPS) is 18.2. The van der Waals surface area contributed by atoms with Gasteiger partial charge in [-0.25, -0.2) is 9.09 Å². The summed E-state index contributed by atoms with van der Waals surface area (Å²) in [5, 5.41) is 0. The van der Waals surface area contributed by atoms with Gasteiger partial charge in [0.15, 0.2) is 6.73 Å². The summed E-state index contributed by atoms with van der Waals surface area (Å²) in [6, 6.07) is 0. The van der Waals surface area contributed by atoms with Gasteiger partial charge in [0.1, 0.15) is 0 Å². The summed E-state index contributed by atoms with van der Waals surface area (Å²) in [6.07, 6.45) is 24.6. The van der Waals surface area contributed by atoms with Crippen LogP contribution in [0, 0.1) is 0 Å². The molecule has 0 amide bonds. The van der Waals surface area contributed by atoms with E-state index in [2.05, 4.69) is 14.0 Å². The maximum absolute atomic E-state index is 12.1. The van der Waals surface area contributed by atoms with Crippen molar-refractivity contribution in [2.75, 3.05) is 33.5 Å². The number of unbranched alkanes of at least 4 members (excludes halogenated alkanes) is 15. The average Bonchev–Trinajstić information content (AvgIpc) is 2.75. The van der Waals surface area contributed by atoms with Crippen LogP contribution in [0.2, 0.25) is 0 Å². The van der Waals surface area contributed by atoms with E-state index in [1.165, 1.54) is 96.3 Å². The minimum Gasteiger partial charge on any atom is -0.303 e. The van der Waals surface area contributed by atoms with E-state index < -0.39 is 7.82 Å². The number of phosphoric acid groups is 1. The molecule has 5 nitrogen and oxygen atoms in total. The van der Waals surface area contributed by atoms with Crippen molar-refractivity contribution in [3.8, 4) is 0 Å². The number of rotatable bonds is 21. The van der Waals surface area contributed by atoms with Crippen molar-refractivity contribution in [2.45, 2.75) is 129 Å². The molecule has 1 fully saturated rings. The summed E-state index contributed by atoms with van der Waals surface area (Å²) < 4.78 is 23.2. The molecule has 1 N–H and O–H groups in total. The van der Waals surface area contributed by atoms with Gasteiger partial charge in [-0.15, -0.1) is 0 Å². The zero-order chi connectivity index (χ0) is 22.7. The van der Waals surface area contributed by atoms with Crippen molar-refractivity contribution in [3.05, 3.63) is 0 Å². The van der Waals surface area contributed by atoms with Crippen molar-refractivity contribution in [2.24, 2.45) is 0 Å². The van der Waals surface area contributed by atoms with Crippen LogP contribution in [-0.4, -0.2) is 42.9 Å². The standard InChI is InChI=1S/C25H52NO4P/c1-3-4-5-6-7-8-9-10-11-12-13-14-15-16-17-21-24-29-31(27,28)30-25-26(2)22-19-18-20-23-26/h3-25H2,1-2H3/p+1. The van der Waals surface area contributed by atoms with Gasteiger partial charge < -0.3 is 9.38 Å². The average molecular weight is 463 g/mol. The van der Waals surface area contributed by atoms with Crippen LogP contribution in [0.4, 0.5) is 0 Å². The molecule has 1 heterocycles. The molecule has 186 valence electrons. The Balaban J connectivity index is 1.83. The first-order valence-corrected chi connectivity index (χ1v) is 14.9. The summed E-state index contributed by atoms with van der Waals surface area (Å²) in [5.41, 5.74) is 0. The van der Waals surface area contributed by atoms with Crippen molar-refractivity contribution in [1.29, 1.82) is 0 Å². The number of hydrogen-bond acceptors (Lipinski definition) is 3. The second-order valence-corrected chi connectivity index (χ2v) is 11.4. The third kappa shape index (κ3) is 17.2. The van der Waals surface area contributed by atoms with Gasteiger partial charge in [0.2, 0.25) is 0 Å². The highest BCUT2D eigenvalue weighted by Gasteiger charge is 2.30. The third-order valence-corrected chi connectivity index (χ3v) is 7.63. The zero-order valence-corrected chi connectivity index (χ0v) is 21.7. The molecule has 1 unspecified atom stereocenters. The monoisotopic (exact) mass is 462 g/mol. The van der Waals surface area contributed by atoms with Crippen molar-refractivity contribution in [1.82, 2.24) is 0 Å². The summed E-state index contributed by atoms with van der Waals surface area (Å²) in [6.45, 7) is 4.89. The maximum Gasteiger partial charge on any atom is 0.476 e. The van der Waals surface area contributed by atoms with E-state index in [9.17, 15) is 9.46 Å². The van der Waals surface area contributed by atoms with Gasteiger partial charge in [-0.2, -0.15) is 0 Å². The SMILES string of the molecule is CCCCCCCCCCCCCCCCCCOP(=O)(O)OC[N+]1(C)CCCCC1. The molecule has 1 aliphatic heterocycles. The Bertz CT molecular complexity index is 455. The lowest BCUT2D eigenvalue weighted by Gasteiger charge is -2.37. The third-order valence-electron chi connectivity index (χ3n) is 6.68. The molecule has 1 atom stereocenters. The van der Waals surface area contributed by atoms with Gasteiger partial charge in [-0.1, -0.05) is 103 Å². The number of nitrogens with zero attached hydrogens (tertiary/aromatic N) is 1. The van der Waals surface area contributed by atoms with Crippen LogP contribution in [0.5, 0.6) is 0 Å². The van der Waals surface area contributed by atoms with Gasteiger partial charge in [0, 0.05) is 0 Å². The minimum absolute atomic E-state index is 0.271. The summed E-state index contributed by atoms with van der Waals surface area (Å²) >= 11 is 0. The molecule has 0 bridgehead atoms. The fraction of sp³-hybridized carbons (Fsp3) is 1.00. The first-order chi connectivity index (χ1) is 15.0. The van der Waals surface area contributed by atoms with E-state index in [-0.39, 0.29) is 6.73 Å². The molecule has 0 aromatic carbocycles. The van der Waals surface area contributed by atoms with Crippen LogP contribution in [0.15, 0.2) is 0 Å². The highest BCUT2D eigenvalue weighted by molar-refractivity contribution is 7.47. The molecule has 0 radical (unpaired) electrons. The van der Waals surface area contributed by atoms with Gasteiger partial charge in [0.05, 0.1) is 26.7 Å². The minimum atomic E-state index is -3.91. The molecule has 1 rings (SSSR count). The van der Waals surface area contributed by atoms with Crippen LogP contribution in [0.25, 0.3) is 0 Å².